The van der Waals surface area contributed by atoms with E-state index in [9.17, 15) is 19.8 Å². The van der Waals surface area contributed by atoms with Gasteiger partial charge in [-0.05, 0) is 12.8 Å². The lowest BCUT2D eigenvalue weighted by Gasteiger charge is -2.26. The van der Waals surface area contributed by atoms with E-state index < -0.39 is 0 Å². The van der Waals surface area contributed by atoms with Gasteiger partial charge in [-0.1, -0.05) is 155 Å². The first-order valence-corrected chi connectivity index (χ1v) is 20.8. The smallest absolute Gasteiger partial charge is 0.221 e. The summed E-state index contributed by atoms with van der Waals surface area (Å²) in [5, 5.41) is 24.9. The Balaban J connectivity index is 4.14. The number of unbranched alkanes of at least 4 members (excludes halogenated alkanes) is 22. The highest BCUT2D eigenvalue weighted by Gasteiger charge is 2.13. The van der Waals surface area contributed by atoms with Crippen molar-refractivity contribution in [2.45, 2.75) is 181 Å². The number of hydrogen-bond acceptors (Lipinski definition) is 6. The number of aliphatic hydroxyl groups is 2. The molecule has 0 spiro atoms. The molecule has 0 bridgehead atoms. The van der Waals surface area contributed by atoms with E-state index in [0.717, 1.165) is 25.9 Å². The van der Waals surface area contributed by atoms with Crippen molar-refractivity contribution in [3.63, 3.8) is 0 Å². The fourth-order valence-corrected chi connectivity index (χ4v) is 6.32. The van der Waals surface area contributed by atoms with Crippen LogP contribution in [0.3, 0.4) is 0 Å². The summed E-state index contributed by atoms with van der Waals surface area (Å²) in [5.41, 5.74) is 0. The summed E-state index contributed by atoms with van der Waals surface area (Å²) in [4.78, 5) is 29.4. The molecule has 0 atom stereocenters. The predicted molar refractivity (Wildman–Crippen MR) is 204 cm³/mol. The van der Waals surface area contributed by atoms with Gasteiger partial charge in [-0.25, -0.2) is 0 Å². The summed E-state index contributed by atoms with van der Waals surface area (Å²) in [6.45, 7) is 9.68. The van der Waals surface area contributed by atoms with Crippen molar-refractivity contribution >= 4 is 11.8 Å². The van der Waals surface area contributed by atoms with E-state index in [1.807, 2.05) is 4.90 Å². The van der Waals surface area contributed by atoms with Crippen LogP contribution in [0.5, 0.6) is 0 Å². The molecule has 0 radical (unpaired) electrons. The summed E-state index contributed by atoms with van der Waals surface area (Å²) in [7, 11) is 0. The second-order valence-corrected chi connectivity index (χ2v) is 14.1. The SMILES string of the molecule is CCCCCCCCCCCCCCNC(=O)CCN(CCC(=O)NCCCCCCCCCCCCCC)CCN(CCO)CCO. The van der Waals surface area contributed by atoms with Crippen LogP contribution in [-0.4, -0.2) is 97.4 Å². The lowest BCUT2D eigenvalue weighted by atomic mass is 10.1. The number of aliphatic hydroxyl groups excluding tert-OH is 2. The molecule has 0 aliphatic carbocycles. The van der Waals surface area contributed by atoms with Crippen molar-refractivity contribution < 1.29 is 19.8 Å². The third-order valence-corrected chi connectivity index (χ3v) is 9.58. The standard InChI is InChI=1S/C40H82N4O4/c1-3-5-7-9-11-13-15-17-19-21-23-25-29-41-39(47)27-31-43(33-34-44(35-37-45)36-38-46)32-28-40(48)42-30-26-24-22-20-18-16-14-12-10-8-6-4-2/h45-46H,3-38H2,1-2H3,(H,41,47)(H,42,48). The zero-order chi connectivity index (χ0) is 35.2. The third-order valence-electron chi connectivity index (χ3n) is 9.58. The lowest BCUT2D eigenvalue weighted by Crippen LogP contribution is -2.41. The van der Waals surface area contributed by atoms with E-state index in [1.165, 1.54) is 141 Å². The highest BCUT2D eigenvalue weighted by molar-refractivity contribution is 5.76. The molecule has 0 unspecified atom stereocenters. The maximum absolute atomic E-state index is 12.6. The van der Waals surface area contributed by atoms with Crippen LogP contribution in [-0.2, 0) is 9.59 Å². The van der Waals surface area contributed by atoms with Gasteiger partial charge < -0.3 is 25.7 Å². The topological polar surface area (TPSA) is 105 Å². The van der Waals surface area contributed by atoms with Crippen molar-refractivity contribution in [3.8, 4) is 0 Å². The van der Waals surface area contributed by atoms with Crippen LogP contribution in [0.1, 0.15) is 181 Å². The molecule has 0 aliphatic heterocycles. The van der Waals surface area contributed by atoms with Crippen LogP contribution in [0.15, 0.2) is 0 Å². The number of rotatable bonds is 39. The zero-order valence-electron chi connectivity index (χ0n) is 32.1. The van der Waals surface area contributed by atoms with Crippen LogP contribution in [0, 0.1) is 0 Å². The van der Waals surface area contributed by atoms with Gasteiger partial charge in [0.2, 0.25) is 11.8 Å². The minimum absolute atomic E-state index is 0.0447. The Kier molecular flexibility index (Phi) is 37.6. The highest BCUT2D eigenvalue weighted by atomic mass is 16.3. The van der Waals surface area contributed by atoms with Crippen LogP contribution < -0.4 is 10.6 Å². The molecule has 286 valence electrons. The van der Waals surface area contributed by atoms with Crippen molar-refractivity contribution in [1.29, 1.82) is 0 Å². The molecule has 0 fully saturated rings. The minimum atomic E-state index is 0.0447. The van der Waals surface area contributed by atoms with Gasteiger partial charge in [0.1, 0.15) is 0 Å². The molecule has 0 aromatic rings. The Morgan fingerprint density at radius 1 is 0.396 bits per heavy atom. The average molecular weight is 683 g/mol. The van der Waals surface area contributed by atoms with Crippen LogP contribution >= 0.6 is 0 Å². The molecule has 4 N–H and O–H groups in total. The van der Waals surface area contributed by atoms with Gasteiger partial charge in [-0.15, -0.1) is 0 Å². The van der Waals surface area contributed by atoms with Gasteiger partial charge in [0.05, 0.1) is 13.2 Å². The molecule has 0 saturated heterocycles. The van der Waals surface area contributed by atoms with Crippen molar-refractivity contribution in [1.82, 2.24) is 20.4 Å². The largest absolute Gasteiger partial charge is 0.395 e. The van der Waals surface area contributed by atoms with E-state index in [1.54, 1.807) is 0 Å². The maximum Gasteiger partial charge on any atom is 0.221 e. The number of hydrogen-bond donors (Lipinski definition) is 4. The molecular weight excluding hydrogens is 600 g/mol. The van der Waals surface area contributed by atoms with Crippen molar-refractivity contribution in [2.75, 3.05) is 65.6 Å². The monoisotopic (exact) mass is 683 g/mol. The molecule has 2 amide bonds. The van der Waals surface area contributed by atoms with E-state index in [2.05, 4.69) is 29.4 Å². The predicted octanol–water partition coefficient (Wildman–Crippen LogP) is 7.99. The van der Waals surface area contributed by atoms with Gasteiger partial charge in [0, 0.05) is 65.2 Å². The Hall–Kier alpha value is -1.22. The fraction of sp³-hybridized carbons (Fsp3) is 0.950. The van der Waals surface area contributed by atoms with Crippen molar-refractivity contribution in [2.24, 2.45) is 0 Å². The molecule has 0 heterocycles. The van der Waals surface area contributed by atoms with E-state index in [4.69, 9.17) is 0 Å². The summed E-state index contributed by atoms with van der Waals surface area (Å²) in [6, 6.07) is 0. The highest BCUT2D eigenvalue weighted by Crippen LogP contribution is 2.13. The first kappa shape index (κ1) is 46.8. The molecule has 0 saturated carbocycles. The minimum Gasteiger partial charge on any atom is -0.395 e. The van der Waals surface area contributed by atoms with E-state index in [-0.39, 0.29) is 25.0 Å². The van der Waals surface area contributed by atoms with Crippen LogP contribution in [0.25, 0.3) is 0 Å². The number of amides is 2. The summed E-state index contributed by atoms with van der Waals surface area (Å²) < 4.78 is 0. The Morgan fingerprint density at radius 2 is 0.667 bits per heavy atom. The quantitative estimate of drug-likeness (QED) is 0.0490. The second-order valence-electron chi connectivity index (χ2n) is 14.1. The molecule has 8 heteroatoms. The zero-order valence-corrected chi connectivity index (χ0v) is 32.1. The first-order chi connectivity index (χ1) is 23.6. The van der Waals surface area contributed by atoms with Gasteiger partial charge >= 0.3 is 0 Å². The maximum atomic E-state index is 12.6. The second kappa shape index (κ2) is 38.6. The number of nitrogens with zero attached hydrogens (tertiary/aromatic N) is 2. The van der Waals surface area contributed by atoms with Gasteiger partial charge in [0.15, 0.2) is 0 Å². The Morgan fingerprint density at radius 3 is 0.958 bits per heavy atom. The first-order valence-electron chi connectivity index (χ1n) is 20.8. The molecule has 0 aliphatic rings. The summed E-state index contributed by atoms with van der Waals surface area (Å²) >= 11 is 0. The number of carbonyl (C=O) groups excluding carboxylic acids is 2. The fourth-order valence-electron chi connectivity index (χ4n) is 6.32. The Bertz CT molecular complexity index is 630. The molecule has 48 heavy (non-hydrogen) atoms. The van der Waals surface area contributed by atoms with Gasteiger partial charge in [-0.3, -0.25) is 14.5 Å². The van der Waals surface area contributed by atoms with Gasteiger partial charge in [-0.2, -0.15) is 0 Å². The molecule has 0 aromatic carbocycles. The average Bonchev–Trinajstić information content (AvgIpc) is 3.08. The van der Waals surface area contributed by atoms with Crippen LogP contribution in [0.4, 0.5) is 0 Å². The molecule has 0 rings (SSSR count). The number of nitrogens with one attached hydrogen (secondary N) is 2. The van der Waals surface area contributed by atoms with Gasteiger partial charge in [0.25, 0.3) is 0 Å². The molecular formula is C40H82N4O4. The van der Waals surface area contributed by atoms with E-state index in [0.29, 0.717) is 52.1 Å². The van der Waals surface area contributed by atoms with E-state index >= 15 is 0 Å². The van der Waals surface area contributed by atoms with Crippen LogP contribution in [0.2, 0.25) is 0 Å². The summed E-state index contributed by atoms with van der Waals surface area (Å²) in [6.07, 6.45) is 32.2. The van der Waals surface area contributed by atoms with Crippen molar-refractivity contribution in [3.05, 3.63) is 0 Å². The normalized spacial score (nSPS) is 11.5. The molecule has 8 nitrogen and oxygen atoms in total. The third kappa shape index (κ3) is 34.6. The summed E-state index contributed by atoms with van der Waals surface area (Å²) in [5.74, 6) is 0.143. The lowest BCUT2D eigenvalue weighted by molar-refractivity contribution is -0.121. The Labute approximate surface area is 298 Å². The number of carbonyl (C=O) groups is 2. The molecule has 0 aromatic heterocycles.